The second kappa shape index (κ2) is 6.45. The van der Waals surface area contributed by atoms with Crippen molar-refractivity contribution in [3.63, 3.8) is 0 Å². The van der Waals surface area contributed by atoms with Crippen molar-refractivity contribution in [3.8, 4) is 5.75 Å². The smallest absolute Gasteiger partial charge is 0.394 e. The summed E-state index contributed by atoms with van der Waals surface area (Å²) in [7, 11) is 0. The number of carboxylic acids is 1. The van der Waals surface area contributed by atoms with Crippen molar-refractivity contribution in [1.82, 2.24) is 4.90 Å². The number of halogens is 3. The molecular weight excluding hydrogens is 341 g/mol. The molecule has 136 valence electrons. The predicted molar refractivity (Wildman–Crippen MR) is 81.5 cm³/mol. The minimum atomic E-state index is -4.67. The Kier molecular flexibility index (Phi) is 4.49. The Morgan fingerprint density at radius 2 is 2.04 bits per heavy atom. The van der Waals surface area contributed by atoms with Crippen LogP contribution in [0, 0.1) is 11.8 Å². The van der Waals surface area contributed by atoms with Gasteiger partial charge in [-0.3, -0.25) is 4.79 Å². The maximum atomic E-state index is 13.0. The molecule has 0 bridgehead atoms. The van der Waals surface area contributed by atoms with Gasteiger partial charge in [0.2, 0.25) is 0 Å². The van der Waals surface area contributed by atoms with Crippen LogP contribution >= 0.6 is 0 Å². The number of amides is 2. The van der Waals surface area contributed by atoms with Crippen molar-refractivity contribution in [2.45, 2.75) is 19.0 Å². The highest BCUT2D eigenvalue weighted by molar-refractivity contribution is 5.90. The van der Waals surface area contributed by atoms with Gasteiger partial charge in [0.05, 0.1) is 18.4 Å². The third-order valence-electron chi connectivity index (χ3n) is 4.50. The number of fused-ring (bicyclic) bond motifs is 1. The molecule has 6 nitrogen and oxygen atoms in total. The van der Waals surface area contributed by atoms with E-state index in [1.54, 1.807) is 18.2 Å². The predicted octanol–water partition coefficient (Wildman–Crippen LogP) is 2.74. The van der Waals surface area contributed by atoms with Crippen LogP contribution in [0.15, 0.2) is 18.2 Å². The van der Waals surface area contributed by atoms with Gasteiger partial charge in [0, 0.05) is 18.8 Å². The Labute approximate surface area is 141 Å². The number of nitrogens with one attached hydrogen (secondary N) is 1. The van der Waals surface area contributed by atoms with Crippen molar-refractivity contribution in [2.24, 2.45) is 11.8 Å². The summed E-state index contributed by atoms with van der Waals surface area (Å²) in [6.07, 6.45) is -3.02. The average Bonchev–Trinajstić information content (AvgIpc) is 3.01. The van der Waals surface area contributed by atoms with Crippen LogP contribution in [0.4, 0.5) is 23.7 Å². The lowest BCUT2D eigenvalue weighted by atomic mass is 9.96. The highest BCUT2D eigenvalue weighted by Crippen LogP contribution is 2.38. The first-order valence-corrected chi connectivity index (χ1v) is 7.87. The fourth-order valence-electron chi connectivity index (χ4n) is 3.19. The quantitative estimate of drug-likeness (QED) is 0.852. The summed E-state index contributed by atoms with van der Waals surface area (Å²) >= 11 is 0. The van der Waals surface area contributed by atoms with Crippen LogP contribution in [0.3, 0.4) is 0 Å². The molecule has 0 aromatic heterocycles. The Bertz CT molecular complexity index is 692. The second-order valence-electron chi connectivity index (χ2n) is 6.20. The Hall–Kier alpha value is -2.45. The number of ether oxygens (including phenoxy) is 1. The number of carbonyl (C=O) groups is 2. The Balaban J connectivity index is 1.70. The fraction of sp³-hybridized carbons (Fsp3) is 0.500. The minimum Gasteiger partial charge on any atom is -0.493 e. The van der Waals surface area contributed by atoms with E-state index in [0.717, 1.165) is 29.1 Å². The molecule has 1 aromatic rings. The molecule has 2 N–H and O–H groups in total. The second-order valence-corrected chi connectivity index (χ2v) is 6.20. The fourth-order valence-corrected chi connectivity index (χ4v) is 3.19. The number of aryl methyl sites for hydroxylation is 1. The molecule has 2 atom stereocenters. The first-order valence-electron chi connectivity index (χ1n) is 7.87. The number of hydrogen-bond acceptors (Lipinski definition) is 3. The molecule has 1 aromatic carbocycles. The van der Waals surface area contributed by atoms with Gasteiger partial charge in [-0.1, -0.05) is 0 Å². The van der Waals surface area contributed by atoms with Gasteiger partial charge >= 0.3 is 18.2 Å². The van der Waals surface area contributed by atoms with E-state index in [1.807, 2.05) is 0 Å². The lowest BCUT2D eigenvalue weighted by Crippen LogP contribution is -2.35. The van der Waals surface area contributed by atoms with E-state index in [2.05, 4.69) is 5.32 Å². The van der Waals surface area contributed by atoms with E-state index in [4.69, 9.17) is 9.84 Å². The molecule has 2 amide bonds. The summed E-state index contributed by atoms with van der Waals surface area (Å²) in [6.45, 7) is -0.512. The SMILES string of the molecule is O=C(O)[C@@H]1CN(C(=O)Nc2ccc3c(c2)CCCO3)C[C@H]1C(F)(F)F. The minimum absolute atomic E-state index is 0.441. The van der Waals surface area contributed by atoms with E-state index in [9.17, 15) is 22.8 Å². The lowest BCUT2D eigenvalue weighted by Gasteiger charge is -2.20. The van der Waals surface area contributed by atoms with Crippen LogP contribution in [0.25, 0.3) is 0 Å². The number of urea groups is 1. The van der Waals surface area contributed by atoms with Gasteiger partial charge in [-0.2, -0.15) is 13.2 Å². The van der Waals surface area contributed by atoms with Crippen molar-refractivity contribution >= 4 is 17.7 Å². The van der Waals surface area contributed by atoms with Gasteiger partial charge in [-0.05, 0) is 36.6 Å². The first kappa shape index (κ1) is 17.4. The number of anilines is 1. The number of nitrogens with zero attached hydrogens (tertiary/aromatic N) is 1. The van der Waals surface area contributed by atoms with Crippen LogP contribution in [-0.4, -0.2) is 47.9 Å². The number of alkyl halides is 3. The van der Waals surface area contributed by atoms with Crippen molar-refractivity contribution in [1.29, 1.82) is 0 Å². The molecule has 0 unspecified atom stereocenters. The third-order valence-corrected chi connectivity index (χ3v) is 4.50. The molecule has 2 heterocycles. The van der Waals surface area contributed by atoms with E-state index in [-0.39, 0.29) is 0 Å². The summed E-state index contributed by atoms with van der Waals surface area (Å²) < 4.78 is 44.4. The molecule has 0 saturated carbocycles. The number of aliphatic carboxylic acids is 1. The number of carbonyl (C=O) groups excluding carboxylic acids is 1. The maximum absolute atomic E-state index is 13.0. The summed E-state index contributed by atoms with van der Waals surface area (Å²) in [4.78, 5) is 24.2. The molecular formula is C16H17F3N2O4. The van der Waals surface area contributed by atoms with Crippen LogP contribution in [0.2, 0.25) is 0 Å². The molecule has 2 aliphatic rings. The summed E-state index contributed by atoms with van der Waals surface area (Å²) in [5.41, 5.74) is 1.36. The number of rotatable bonds is 2. The average molecular weight is 358 g/mol. The van der Waals surface area contributed by atoms with Crippen molar-refractivity contribution in [3.05, 3.63) is 23.8 Å². The summed E-state index contributed by atoms with van der Waals surface area (Å²) in [5, 5.41) is 11.5. The monoisotopic (exact) mass is 358 g/mol. The molecule has 9 heteroatoms. The highest BCUT2D eigenvalue weighted by Gasteiger charge is 2.53. The lowest BCUT2D eigenvalue weighted by molar-refractivity contribution is -0.187. The van der Waals surface area contributed by atoms with Crippen LogP contribution in [-0.2, 0) is 11.2 Å². The van der Waals surface area contributed by atoms with Crippen molar-refractivity contribution in [2.75, 3.05) is 25.0 Å². The van der Waals surface area contributed by atoms with Gasteiger partial charge in [0.1, 0.15) is 5.75 Å². The van der Waals surface area contributed by atoms with Crippen LogP contribution in [0.1, 0.15) is 12.0 Å². The van der Waals surface area contributed by atoms with Gasteiger partial charge in [-0.25, -0.2) is 4.79 Å². The normalized spacial score (nSPS) is 22.9. The van der Waals surface area contributed by atoms with Gasteiger partial charge in [0.15, 0.2) is 0 Å². The molecule has 1 saturated heterocycles. The maximum Gasteiger partial charge on any atom is 0.394 e. The zero-order chi connectivity index (χ0) is 18.2. The molecule has 1 fully saturated rings. The Morgan fingerprint density at radius 3 is 2.68 bits per heavy atom. The topological polar surface area (TPSA) is 78.9 Å². The van der Waals surface area contributed by atoms with E-state index >= 15 is 0 Å². The van der Waals surface area contributed by atoms with Gasteiger partial charge < -0.3 is 20.1 Å². The molecule has 0 spiro atoms. The molecule has 3 rings (SSSR count). The molecule has 25 heavy (non-hydrogen) atoms. The first-order chi connectivity index (χ1) is 11.8. The van der Waals surface area contributed by atoms with E-state index in [1.165, 1.54) is 0 Å². The summed E-state index contributed by atoms with van der Waals surface area (Å²) in [6, 6.07) is 4.29. The Morgan fingerprint density at radius 1 is 1.28 bits per heavy atom. The number of hydrogen-bond donors (Lipinski definition) is 2. The van der Waals surface area contributed by atoms with Gasteiger partial charge in [0.25, 0.3) is 0 Å². The highest BCUT2D eigenvalue weighted by atomic mass is 19.4. The van der Waals surface area contributed by atoms with Crippen molar-refractivity contribution < 1.29 is 32.6 Å². The van der Waals surface area contributed by atoms with Crippen LogP contribution < -0.4 is 10.1 Å². The van der Waals surface area contributed by atoms with E-state index in [0.29, 0.717) is 12.3 Å². The number of likely N-dealkylation sites (tertiary alicyclic amines) is 1. The molecule has 2 aliphatic heterocycles. The number of benzene rings is 1. The zero-order valence-electron chi connectivity index (χ0n) is 13.2. The van der Waals surface area contributed by atoms with Gasteiger partial charge in [-0.15, -0.1) is 0 Å². The molecule has 0 aliphatic carbocycles. The largest absolute Gasteiger partial charge is 0.493 e. The third kappa shape index (κ3) is 3.64. The van der Waals surface area contributed by atoms with E-state index < -0.39 is 43.1 Å². The zero-order valence-corrected chi connectivity index (χ0v) is 13.2. The summed E-state index contributed by atoms with van der Waals surface area (Å²) in [5.74, 6) is -4.53. The molecule has 0 radical (unpaired) electrons. The number of carboxylic acid groups (broad SMARTS) is 1. The van der Waals surface area contributed by atoms with Crippen LogP contribution in [0.5, 0.6) is 5.75 Å². The standard InChI is InChI=1S/C16H17F3N2O4/c17-16(18,19)12-8-21(7-11(12)14(22)23)15(24)20-10-3-4-13-9(6-10)2-1-5-25-13/h3-4,6,11-12H,1-2,5,7-8H2,(H,20,24)(H,22,23)/t11-,12-/m1/s1.